The molecule has 2 aromatic carbocycles. The molecule has 0 aliphatic heterocycles. The largest absolute Gasteiger partial charge is 0.494 e. The van der Waals surface area contributed by atoms with Crippen LogP contribution in [-0.4, -0.2) is 75.3 Å². The molecule has 0 heterocycles. The highest BCUT2D eigenvalue weighted by Gasteiger charge is 2.09. The lowest BCUT2D eigenvalue weighted by Crippen LogP contribution is -2.20. The second-order valence-electron chi connectivity index (χ2n) is 10.9. The normalized spacial score (nSPS) is 10.4. The Morgan fingerprint density at radius 1 is 0.460 bits per heavy atom. The summed E-state index contributed by atoms with van der Waals surface area (Å²) >= 11 is 0. The van der Waals surface area contributed by atoms with Gasteiger partial charge in [-0.3, -0.25) is 28.8 Å². The molecule has 14 nitrogen and oxygen atoms in total. The molecular formula is C36H48N2O12. The lowest BCUT2D eigenvalue weighted by molar-refractivity contribution is -0.152. The monoisotopic (exact) mass is 700 g/mol. The average molecular weight is 701 g/mol. The van der Waals surface area contributed by atoms with Gasteiger partial charge in [-0.1, -0.05) is 13.8 Å². The number of benzene rings is 2. The van der Waals surface area contributed by atoms with E-state index in [1.54, 1.807) is 62.4 Å². The molecule has 2 aromatic rings. The van der Waals surface area contributed by atoms with E-state index >= 15 is 0 Å². The van der Waals surface area contributed by atoms with Crippen LogP contribution in [0.5, 0.6) is 11.5 Å². The SMILES string of the molecule is CCC(=O)OCC(=O)Nc1ccc(OCCCCCC(=O)OCCOC(=O)CCCCCOc2ccc(NC(=O)COC(=O)CC)cc2)cc1. The summed E-state index contributed by atoms with van der Waals surface area (Å²) in [5.74, 6) is -1.14. The molecule has 274 valence electrons. The number of ether oxygens (including phenoxy) is 6. The number of hydrogen-bond donors (Lipinski definition) is 2. The second-order valence-corrected chi connectivity index (χ2v) is 10.9. The third kappa shape index (κ3) is 19.6. The van der Waals surface area contributed by atoms with E-state index in [1.165, 1.54) is 0 Å². The number of esters is 4. The highest BCUT2D eigenvalue weighted by Crippen LogP contribution is 2.17. The Bertz CT molecular complexity index is 1240. The molecule has 50 heavy (non-hydrogen) atoms. The Hall–Kier alpha value is -5.14. The minimum Gasteiger partial charge on any atom is -0.494 e. The summed E-state index contributed by atoms with van der Waals surface area (Å²) in [6.45, 7) is 3.59. The number of unbranched alkanes of at least 4 members (excludes halogenated alkanes) is 4. The molecule has 0 aliphatic rings. The lowest BCUT2D eigenvalue weighted by atomic mass is 10.2. The van der Waals surface area contributed by atoms with Crippen molar-refractivity contribution >= 4 is 47.1 Å². The van der Waals surface area contributed by atoms with Crippen LogP contribution in [0.15, 0.2) is 48.5 Å². The van der Waals surface area contributed by atoms with Gasteiger partial charge in [0.05, 0.1) is 13.2 Å². The van der Waals surface area contributed by atoms with Crippen LogP contribution < -0.4 is 20.1 Å². The quantitative estimate of drug-likeness (QED) is 0.0792. The number of hydrogen-bond acceptors (Lipinski definition) is 12. The van der Waals surface area contributed by atoms with Crippen LogP contribution >= 0.6 is 0 Å². The van der Waals surface area contributed by atoms with Crippen LogP contribution in [0.4, 0.5) is 11.4 Å². The molecule has 0 unspecified atom stereocenters. The van der Waals surface area contributed by atoms with Crippen molar-refractivity contribution in [2.45, 2.75) is 78.1 Å². The van der Waals surface area contributed by atoms with Gasteiger partial charge in [0.2, 0.25) is 0 Å². The molecule has 0 spiro atoms. The van der Waals surface area contributed by atoms with Gasteiger partial charge in [-0.15, -0.1) is 0 Å². The molecule has 2 N–H and O–H groups in total. The van der Waals surface area contributed by atoms with Crippen LogP contribution in [0.2, 0.25) is 0 Å². The zero-order chi connectivity index (χ0) is 36.4. The minimum absolute atomic E-state index is 0.0106. The van der Waals surface area contributed by atoms with Gasteiger partial charge in [-0.2, -0.15) is 0 Å². The maximum Gasteiger partial charge on any atom is 0.306 e. The molecule has 14 heteroatoms. The van der Waals surface area contributed by atoms with Crippen molar-refractivity contribution in [1.82, 2.24) is 0 Å². The topological polar surface area (TPSA) is 182 Å². The number of carbonyl (C=O) groups is 6. The van der Waals surface area contributed by atoms with Crippen molar-refractivity contribution in [3.05, 3.63) is 48.5 Å². The van der Waals surface area contributed by atoms with Crippen molar-refractivity contribution < 1.29 is 57.2 Å². The smallest absolute Gasteiger partial charge is 0.306 e. The van der Waals surface area contributed by atoms with Crippen molar-refractivity contribution in [2.24, 2.45) is 0 Å². The molecule has 0 radical (unpaired) electrons. The highest BCUT2D eigenvalue weighted by molar-refractivity contribution is 5.93. The first-order valence-electron chi connectivity index (χ1n) is 16.9. The van der Waals surface area contributed by atoms with E-state index in [-0.39, 0.29) is 64.0 Å². The van der Waals surface area contributed by atoms with E-state index in [9.17, 15) is 28.8 Å². The van der Waals surface area contributed by atoms with Crippen LogP contribution in [0.3, 0.4) is 0 Å². The molecule has 0 fully saturated rings. The summed E-state index contributed by atoms with van der Waals surface area (Å²) in [4.78, 5) is 69.7. The van der Waals surface area contributed by atoms with E-state index < -0.39 is 23.8 Å². The molecule has 0 aliphatic carbocycles. The number of carbonyl (C=O) groups excluding carboxylic acids is 6. The fourth-order valence-corrected chi connectivity index (χ4v) is 4.09. The number of nitrogens with one attached hydrogen (secondary N) is 2. The summed E-state index contributed by atoms with van der Waals surface area (Å²) in [7, 11) is 0. The summed E-state index contributed by atoms with van der Waals surface area (Å²) in [5, 5.41) is 5.27. The Labute approximate surface area is 292 Å². The molecule has 0 saturated heterocycles. The van der Waals surface area contributed by atoms with E-state index in [0.29, 0.717) is 48.9 Å². The van der Waals surface area contributed by atoms with Crippen LogP contribution in [-0.2, 0) is 47.7 Å². The standard InChI is InChI=1S/C36H48N2O12/c1-3-33(41)49-25-31(39)37-27-13-17-29(18-14-27)45-21-9-5-7-11-35(43)47-23-24-48-36(44)12-8-6-10-22-46-30-19-15-28(16-20-30)38-32(40)26-50-34(42)4-2/h13-20H,3-12,21-26H2,1-2H3,(H,37,39)(H,38,40). The minimum atomic E-state index is -0.439. The molecule has 2 rings (SSSR count). The number of rotatable bonds is 25. The zero-order valence-electron chi connectivity index (χ0n) is 28.8. The molecule has 0 saturated carbocycles. The Kier molecular flexibility index (Phi) is 20.5. The van der Waals surface area contributed by atoms with Gasteiger partial charge < -0.3 is 39.1 Å². The van der Waals surface area contributed by atoms with Gasteiger partial charge in [-0.05, 0) is 87.1 Å². The average Bonchev–Trinajstić information content (AvgIpc) is 3.12. The first-order chi connectivity index (χ1) is 24.2. The predicted molar refractivity (Wildman–Crippen MR) is 182 cm³/mol. The molecule has 0 atom stereocenters. The van der Waals surface area contributed by atoms with Crippen LogP contribution in [0, 0.1) is 0 Å². The van der Waals surface area contributed by atoms with Gasteiger partial charge >= 0.3 is 23.9 Å². The van der Waals surface area contributed by atoms with Gasteiger partial charge in [0.1, 0.15) is 24.7 Å². The maximum atomic E-state index is 11.9. The van der Waals surface area contributed by atoms with Gasteiger partial charge in [-0.25, -0.2) is 0 Å². The summed E-state index contributed by atoms with van der Waals surface area (Å²) < 4.78 is 31.2. The lowest BCUT2D eigenvalue weighted by Gasteiger charge is -2.09. The van der Waals surface area contributed by atoms with E-state index in [0.717, 1.165) is 25.7 Å². The van der Waals surface area contributed by atoms with Gasteiger partial charge in [0, 0.05) is 37.1 Å². The fraction of sp³-hybridized carbons (Fsp3) is 0.500. The summed E-state index contributed by atoms with van der Waals surface area (Å²) in [6, 6.07) is 13.6. The van der Waals surface area contributed by atoms with Crippen molar-refractivity contribution in [2.75, 3.05) is 50.3 Å². The molecule has 2 amide bonds. The summed E-state index contributed by atoms with van der Waals surface area (Å²) in [6.07, 6.45) is 5.24. The van der Waals surface area contributed by atoms with Crippen molar-refractivity contribution in [1.29, 1.82) is 0 Å². The molecular weight excluding hydrogens is 652 g/mol. The van der Waals surface area contributed by atoms with E-state index in [1.807, 2.05) is 0 Å². The molecule has 0 aromatic heterocycles. The third-order valence-electron chi connectivity index (χ3n) is 6.78. The third-order valence-corrected chi connectivity index (χ3v) is 6.78. The fourth-order valence-electron chi connectivity index (χ4n) is 4.09. The van der Waals surface area contributed by atoms with Crippen LogP contribution in [0.25, 0.3) is 0 Å². The Balaban J connectivity index is 1.41. The first-order valence-corrected chi connectivity index (χ1v) is 16.9. The van der Waals surface area contributed by atoms with E-state index in [2.05, 4.69) is 10.6 Å². The number of amides is 2. The Morgan fingerprint density at radius 3 is 1.20 bits per heavy atom. The van der Waals surface area contributed by atoms with E-state index in [4.69, 9.17) is 28.4 Å². The second kappa shape index (κ2) is 24.9. The molecule has 0 bridgehead atoms. The first kappa shape index (κ1) is 41.0. The van der Waals surface area contributed by atoms with Crippen molar-refractivity contribution in [3.63, 3.8) is 0 Å². The number of anilines is 2. The van der Waals surface area contributed by atoms with Gasteiger partial charge in [0.15, 0.2) is 13.2 Å². The van der Waals surface area contributed by atoms with Crippen LogP contribution in [0.1, 0.15) is 78.1 Å². The Morgan fingerprint density at radius 2 is 0.840 bits per heavy atom. The highest BCUT2D eigenvalue weighted by atomic mass is 16.6. The zero-order valence-corrected chi connectivity index (χ0v) is 28.8. The van der Waals surface area contributed by atoms with Gasteiger partial charge in [0.25, 0.3) is 11.8 Å². The summed E-state index contributed by atoms with van der Waals surface area (Å²) in [5.41, 5.74) is 1.12. The van der Waals surface area contributed by atoms with Crippen molar-refractivity contribution in [3.8, 4) is 11.5 Å². The maximum absolute atomic E-state index is 11.9. The predicted octanol–water partition coefficient (Wildman–Crippen LogP) is 5.14.